The van der Waals surface area contributed by atoms with Gasteiger partial charge in [0.15, 0.2) is 0 Å². The van der Waals surface area contributed by atoms with E-state index in [0.717, 1.165) is 11.6 Å². The molecule has 7 nitrogen and oxygen atoms in total. The highest BCUT2D eigenvalue weighted by molar-refractivity contribution is 7.89. The van der Waals surface area contributed by atoms with Gasteiger partial charge in [-0.3, -0.25) is 4.79 Å². The molecule has 0 spiro atoms. The SMILES string of the molecule is COc1cc(/C=C/C(=O)N2CCN(S(=O)(=O)c3cccc(F)c3)CC2)cc(OC)c1. The molecule has 3 rings (SSSR count). The van der Waals surface area contributed by atoms with Crippen molar-refractivity contribution < 1.29 is 27.1 Å². The molecule has 0 aliphatic carbocycles. The molecule has 9 heteroatoms. The van der Waals surface area contributed by atoms with Crippen molar-refractivity contribution in [1.29, 1.82) is 0 Å². The Morgan fingerprint density at radius 3 is 2.20 bits per heavy atom. The molecular formula is C21H23FN2O5S. The summed E-state index contributed by atoms with van der Waals surface area (Å²) in [5, 5.41) is 0. The number of hydrogen-bond donors (Lipinski definition) is 0. The lowest BCUT2D eigenvalue weighted by atomic mass is 10.2. The fourth-order valence-electron chi connectivity index (χ4n) is 3.12. The monoisotopic (exact) mass is 434 g/mol. The maximum absolute atomic E-state index is 13.4. The van der Waals surface area contributed by atoms with Crippen LogP contribution in [0, 0.1) is 5.82 Å². The molecule has 160 valence electrons. The van der Waals surface area contributed by atoms with E-state index >= 15 is 0 Å². The Balaban J connectivity index is 1.64. The predicted molar refractivity (Wildman–Crippen MR) is 110 cm³/mol. The smallest absolute Gasteiger partial charge is 0.246 e. The van der Waals surface area contributed by atoms with Crippen molar-refractivity contribution >= 4 is 22.0 Å². The van der Waals surface area contributed by atoms with Crippen molar-refractivity contribution in [1.82, 2.24) is 9.21 Å². The highest BCUT2D eigenvalue weighted by atomic mass is 32.2. The molecule has 2 aromatic carbocycles. The van der Waals surface area contributed by atoms with Gasteiger partial charge in [-0.05, 0) is 42.0 Å². The third kappa shape index (κ3) is 4.98. The molecule has 1 saturated heterocycles. The Hall–Kier alpha value is -2.91. The summed E-state index contributed by atoms with van der Waals surface area (Å²) in [6, 6.07) is 10.2. The first kappa shape index (κ1) is 21.8. The number of piperazine rings is 1. The number of nitrogens with zero attached hydrogens (tertiary/aromatic N) is 2. The van der Waals surface area contributed by atoms with Crippen molar-refractivity contribution in [3.8, 4) is 11.5 Å². The van der Waals surface area contributed by atoms with Crippen LogP contribution in [0.2, 0.25) is 0 Å². The number of halogens is 1. The van der Waals surface area contributed by atoms with Crippen LogP contribution in [0.3, 0.4) is 0 Å². The molecule has 0 bridgehead atoms. The van der Waals surface area contributed by atoms with E-state index in [1.807, 2.05) is 0 Å². The Morgan fingerprint density at radius 1 is 1.00 bits per heavy atom. The zero-order valence-electron chi connectivity index (χ0n) is 16.7. The van der Waals surface area contributed by atoms with Crippen molar-refractivity contribution in [2.75, 3.05) is 40.4 Å². The van der Waals surface area contributed by atoms with Gasteiger partial charge >= 0.3 is 0 Å². The van der Waals surface area contributed by atoms with Gasteiger partial charge in [0.2, 0.25) is 15.9 Å². The number of hydrogen-bond acceptors (Lipinski definition) is 5. The Bertz CT molecular complexity index is 1020. The van der Waals surface area contributed by atoms with Crippen LogP contribution < -0.4 is 9.47 Å². The second-order valence-electron chi connectivity index (χ2n) is 6.67. The third-order valence-electron chi connectivity index (χ3n) is 4.78. The molecule has 0 unspecified atom stereocenters. The number of methoxy groups -OCH3 is 2. The lowest BCUT2D eigenvalue weighted by Gasteiger charge is -2.33. The van der Waals surface area contributed by atoms with Crippen LogP contribution in [-0.4, -0.2) is 63.9 Å². The largest absolute Gasteiger partial charge is 0.497 e. The molecule has 30 heavy (non-hydrogen) atoms. The van der Waals surface area contributed by atoms with E-state index in [-0.39, 0.29) is 37.0 Å². The number of amides is 1. The first-order valence-electron chi connectivity index (χ1n) is 9.29. The van der Waals surface area contributed by atoms with E-state index in [1.54, 1.807) is 43.4 Å². The number of carbonyl (C=O) groups is 1. The third-order valence-corrected chi connectivity index (χ3v) is 6.67. The van der Waals surface area contributed by atoms with Gasteiger partial charge in [-0.15, -0.1) is 0 Å². The van der Waals surface area contributed by atoms with Crippen molar-refractivity contribution in [3.05, 3.63) is 59.9 Å². The quantitative estimate of drug-likeness (QED) is 0.653. The zero-order valence-corrected chi connectivity index (χ0v) is 17.6. The van der Waals surface area contributed by atoms with Crippen molar-refractivity contribution in [2.45, 2.75) is 4.90 Å². The fraction of sp³-hybridized carbons (Fsp3) is 0.286. The van der Waals surface area contributed by atoms with Crippen LogP contribution in [0.4, 0.5) is 4.39 Å². The molecule has 1 fully saturated rings. The molecule has 0 radical (unpaired) electrons. The first-order valence-corrected chi connectivity index (χ1v) is 10.7. The van der Waals surface area contributed by atoms with E-state index in [0.29, 0.717) is 11.5 Å². The van der Waals surface area contributed by atoms with Crippen LogP contribution in [0.15, 0.2) is 53.4 Å². The van der Waals surface area contributed by atoms with Gasteiger partial charge in [-0.2, -0.15) is 4.31 Å². The molecule has 0 saturated carbocycles. The lowest BCUT2D eigenvalue weighted by molar-refractivity contribution is -0.127. The minimum Gasteiger partial charge on any atom is -0.497 e. The first-order chi connectivity index (χ1) is 14.3. The Morgan fingerprint density at radius 2 is 1.63 bits per heavy atom. The highest BCUT2D eigenvalue weighted by Gasteiger charge is 2.29. The minimum absolute atomic E-state index is 0.0888. The second-order valence-corrected chi connectivity index (χ2v) is 8.60. The van der Waals surface area contributed by atoms with E-state index in [4.69, 9.17) is 9.47 Å². The molecule has 0 aromatic heterocycles. The Labute approximate surface area is 175 Å². The molecule has 0 N–H and O–H groups in total. The summed E-state index contributed by atoms with van der Waals surface area (Å²) in [6.45, 7) is 0.787. The van der Waals surface area contributed by atoms with Crippen LogP contribution in [0.1, 0.15) is 5.56 Å². The van der Waals surface area contributed by atoms with Crippen LogP contribution >= 0.6 is 0 Å². The maximum Gasteiger partial charge on any atom is 0.246 e. The molecular weight excluding hydrogens is 411 g/mol. The molecule has 2 aromatic rings. The molecule has 1 amide bonds. The summed E-state index contributed by atoms with van der Waals surface area (Å²) < 4.78 is 50.4. The maximum atomic E-state index is 13.4. The van der Waals surface area contributed by atoms with Gasteiger partial charge in [0.1, 0.15) is 17.3 Å². The van der Waals surface area contributed by atoms with Gasteiger partial charge in [0.05, 0.1) is 19.1 Å². The minimum atomic E-state index is -3.79. The Kier molecular flexibility index (Phi) is 6.73. The van der Waals surface area contributed by atoms with Crippen molar-refractivity contribution in [2.24, 2.45) is 0 Å². The van der Waals surface area contributed by atoms with E-state index < -0.39 is 15.8 Å². The number of sulfonamides is 1. The average Bonchev–Trinajstić information content (AvgIpc) is 2.77. The lowest BCUT2D eigenvalue weighted by Crippen LogP contribution is -2.50. The predicted octanol–water partition coefficient (Wildman–Crippen LogP) is 2.39. The van der Waals surface area contributed by atoms with E-state index in [2.05, 4.69) is 0 Å². The zero-order chi connectivity index (χ0) is 21.7. The summed E-state index contributed by atoms with van der Waals surface area (Å²) in [5.74, 6) is 0.388. The standard InChI is InChI=1S/C21H23FN2O5S/c1-28-18-12-16(13-19(15-18)29-2)6-7-21(25)23-8-10-24(11-9-23)30(26,27)20-5-3-4-17(22)14-20/h3-7,12-15H,8-11H2,1-2H3/b7-6+. The molecule has 1 aliphatic rings. The van der Waals surface area contributed by atoms with Crippen LogP contribution in [0.5, 0.6) is 11.5 Å². The van der Waals surface area contributed by atoms with Crippen molar-refractivity contribution in [3.63, 3.8) is 0 Å². The number of rotatable bonds is 6. The summed E-state index contributed by atoms with van der Waals surface area (Å²) in [4.78, 5) is 14.0. The second kappa shape index (κ2) is 9.27. The molecule has 1 aliphatic heterocycles. The van der Waals surface area contributed by atoms with Gasteiger partial charge < -0.3 is 14.4 Å². The van der Waals surface area contributed by atoms with Gasteiger partial charge in [0, 0.05) is 38.3 Å². The van der Waals surface area contributed by atoms with Gasteiger partial charge in [-0.1, -0.05) is 6.07 Å². The van der Waals surface area contributed by atoms with Crippen LogP contribution in [-0.2, 0) is 14.8 Å². The topological polar surface area (TPSA) is 76.2 Å². The number of ether oxygens (including phenoxy) is 2. The fourth-order valence-corrected chi connectivity index (χ4v) is 4.58. The van der Waals surface area contributed by atoms with Gasteiger partial charge in [0.25, 0.3) is 0 Å². The normalized spacial score (nSPS) is 15.4. The summed E-state index contributed by atoms with van der Waals surface area (Å²) in [5.41, 5.74) is 0.742. The number of carbonyl (C=O) groups excluding carboxylic acids is 1. The summed E-state index contributed by atoms with van der Waals surface area (Å²) in [7, 11) is -0.702. The molecule has 0 atom stereocenters. The summed E-state index contributed by atoms with van der Waals surface area (Å²) >= 11 is 0. The van der Waals surface area contributed by atoms with Crippen LogP contribution in [0.25, 0.3) is 6.08 Å². The van der Waals surface area contributed by atoms with E-state index in [1.165, 1.54) is 28.6 Å². The highest BCUT2D eigenvalue weighted by Crippen LogP contribution is 2.23. The van der Waals surface area contributed by atoms with Gasteiger partial charge in [-0.25, -0.2) is 12.8 Å². The number of benzene rings is 2. The average molecular weight is 434 g/mol. The van der Waals surface area contributed by atoms with E-state index in [9.17, 15) is 17.6 Å². The molecule has 1 heterocycles. The summed E-state index contributed by atoms with van der Waals surface area (Å²) in [6.07, 6.45) is 3.09.